The molecule has 0 atom stereocenters. The van der Waals surface area contributed by atoms with Gasteiger partial charge in [-0.25, -0.2) is 0 Å². The molecule has 0 radical (unpaired) electrons. The summed E-state index contributed by atoms with van der Waals surface area (Å²) in [6.45, 7) is 13.8. The molecule has 3 heteroatoms. The highest BCUT2D eigenvalue weighted by Gasteiger charge is 2.21. The van der Waals surface area contributed by atoms with E-state index in [1.807, 2.05) is 12.1 Å². The van der Waals surface area contributed by atoms with Gasteiger partial charge in [-0.15, -0.1) is 0 Å². The first-order valence-corrected chi connectivity index (χ1v) is 18.7. The molecule has 0 unspecified atom stereocenters. The van der Waals surface area contributed by atoms with Crippen LogP contribution in [0.1, 0.15) is 52.7 Å². The molecule has 0 aliphatic rings. The SMILES string of the molecule is CC(C)(C)c1ccc2c(c1)c1cc(-c3ccc4c5cc(C(C)(C)C)ccc5n(-c5ccc6oc7ccccc7c6c5)c4c3)ccc1n2-c1ccccc1. The minimum absolute atomic E-state index is 0.0400. The lowest BCUT2D eigenvalue weighted by Gasteiger charge is -2.19. The fourth-order valence-electron chi connectivity index (χ4n) is 8.32. The van der Waals surface area contributed by atoms with Gasteiger partial charge >= 0.3 is 0 Å². The normalized spacial score (nSPS) is 12.7. The molecule has 10 rings (SSSR count). The van der Waals surface area contributed by atoms with Crippen LogP contribution in [0.2, 0.25) is 0 Å². The van der Waals surface area contributed by atoms with Crippen LogP contribution in [0.4, 0.5) is 0 Å². The lowest BCUT2D eigenvalue weighted by Crippen LogP contribution is -2.10. The van der Waals surface area contributed by atoms with Crippen LogP contribution < -0.4 is 0 Å². The lowest BCUT2D eigenvalue weighted by atomic mass is 9.86. The number of fused-ring (bicyclic) bond motifs is 9. The van der Waals surface area contributed by atoms with Crippen molar-refractivity contribution in [2.24, 2.45) is 0 Å². The summed E-state index contributed by atoms with van der Waals surface area (Å²) >= 11 is 0. The van der Waals surface area contributed by atoms with Crippen molar-refractivity contribution in [1.29, 1.82) is 0 Å². The van der Waals surface area contributed by atoms with Crippen LogP contribution in [0, 0.1) is 0 Å². The Morgan fingerprint density at radius 1 is 0.358 bits per heavy atom. The number of para-hydroxylation sites is 2. The molecule has 0 spiro atoms. The number of hydrogen-bond acceptors (Lipinski definition) is 1. The Balaban J connectivity index is 1.22. The molecule has 3 nitrogen and oxygen atoms in total. The Hall–Kier alpha value is -6.06. The molecule has 0 aliphatic heterocycles. The van der Waals surface area contributed by atoms with Crippen LogP contribution in [0.25, 0.3) is 88.1 Å². The molecule has 0 aliphatic carbocycles. The van der Waals surface area contributed by atoms with E-state index in [1.54, 1.807) is 0 Å². The molecule has 0 N–H and O–H groups in total. The third-order valence-corrected chi connectivity index (χ3v) is 11.2. The van der Waals surface area contributed by atoms with Crippen molar-refractivity contribution >= 4 is 65.6 Å². The molecule has 7 aromatic carbocycles. The van der Waals surface area contributed by atoms with Gasteiger partial charge in [-0.2, -0.15) is 0 Å². The first kappa shape index (κ1) is 31.7. The zero-order valence-corrected chi connectivity index (χ0v) is 31.2. The topological polar surface area (TPSA) is 23.0 Å². The van der Waals surface area contributed by atoms with Crippen molar-refractivity contribution in [2.75, 3.05) is 0 Å². The highest BCUT2D eigenvalue weighted by molar-refractivity contribution is 6.13. The molecule has 0 saturated carbocycles. The van der Waals surface area contributed by atoms with Crippen molar-refractivity contribution in [2.45, 2.75) is 52.4 Å². The van der Waals surface area contributed by atoms with Crippen molar-refractivity contribution in [1.82, 2.24) is 9.13 Å². The average Bonchev–Trinajstić information content (AvgIpc) is 3.80. The maximum atomic E-state index is 6.24. The number of hydrogen-bond donors (Lipinski definition) is 0. The highest BCUT2D eigenvalue weighted by Crippen LogP contribution is 2.41. The zero-order valence-electron chi connectivity index (χ0n) is 31.2. The Kier molecular flexibility index (Phi) is 6.70. The van der Waals surface area contributed by atoms with E-state index in [-0.39, 0.29) is 10.8 Å². The monoisotopic (exact) mass is 686 g/mol. The molecule has 3 aromatic heterocycles. The first-order chi connectivity index (χ1) is 25.5. The summed E-state index contributed by atoms with van der Waals surface area (Å²) in [7, 11) is 0. The van der Waals surface area contributed by atoms with Crippen LogP contribution in [0.15, 0.2) is 150 Å². The number of furan rings is 1. The van der Waals surface area contributed by atoms with Gasteiger partial charge in [0, 0.05) is 43.7 Å². The summed E-state index contributed by atoms with van der Waals surface area (Å²) < 4.78 is 11.1. The van der Waals surface area contributed by atoms with E-state index in [1.165, 1.54) is 71.6 Å². The van der Waals surface area contributed by atoms with Gasteiger partial charge in [0.15, 0.2) is 0 Å². The van der Waals surface area contributed by atoms with Gasteiger partial charge in [0.2, 0.25) is 0 Å². The smallest absolute Gasteiger partial charge is 0.135 e. The quantitative estimate of drug-likeness (QED) is 0.181. The van der Waals surface area contributed by atoms with E-state index >= 15 is 0 Å². The predicted molar refractivity (Wildman–Crippen MR) is 225 cm³/mol. The van der Waals surface area contributed by atoms with Gasteiger partial charge < -0.3 is 13.6 Å². The Bertz CT molecular complexity index is 3060. The molecule has 258 valence electrons. The lowest BCUT2D eigenvalue weighted by molar-refractivity contribution is 0.591. The van der Waals surface area contributed by atoms with Crippen LogP contribution in [0.3, 0.4) is 0 Å². The van der Waals surface area contributed by atoms with Crippen molar-refractivity contribution < 1.29 is 4.42 Å². The standard InChI is InChI=1S/C50H42N2O/c1-49(2,3)33-18-23-44-40(28-33)37-21-16-32(27-46(37)52(44)36-20-25-48-42(30-36)38-14-10-11-15-47(38)53-48)31-17-22-43-39(26-31)41-29-34(50(4,5)6)19-24-45(41)51(43)35-12-8-7-9-13-35/h7-30H,1-6H3. The maximum absolute atomic E-state index is 6.24. The van der Waals surface area contributed by atoms with Gasteiger partial charge in [0.1, 0.15) is 11.2 Å². The van der Waals surface area contributed by atoms with Gasteiger partial charge in [-0.05, 0) is 112 Å². The first-order valence-electron chi connectivity index (χ1n) is 18.7. The maximum Gasteiger partial charge on any atom is 0.135 e. The fourth-order valence-corrected chi connectivity index (χ4v) is 8.32. The van der Waals surface area contributed by atoms with Gasteiger partial charge in [-0.1, -0.05) is 108 Å². The van der Waals surface area contributed by atoms with E-state index < -0.39 is 0 Å². The minimum atomic E-state index is 0.0400. The third-order valence-electron chi connectivity index (χ3n) is 11.2. The van der Waals surface area contributed by atoms with Crippen LogP contribution >= 0.6 is 0 Å². The van der Waals surface area contributed by atoms with Crippen molar-refractivity contribution in [3.05, 3.63) is 157 Å². The van der Waals surface area contributed by atoms with E-state index in [0.29, 0.717) is 0 Å². The molecule has 53 heavy (non-hydrogen) atoms. The molecule has 10 aromatic rings. The fraction of sp³-hybridized carbons (Fsp3) is 0.160. The highest BCUT2D eigenvalue weighted by atomic mass is 16.3. The van der Waals surface area contributed by atoms with Crippen molar-refractivity contribution in [3.63, 3.8) is 0 Å². The Morgan fingerprint density at radius 2 is 0.906 bits per heavy atom. The summed E-state index contributed by atoms with van der Waals surface area (Å²) in [4.78, 5) is 0. The third kappa shape index (κ3) is 4.94. The van der Waals surface area contributed by atoms with E-state index in [2.05, 4.69) is 184 Å². The van der Waals surface area contributed by atoms with Gasteiger partial charge in [-0.3, -0.25) is 0 Å². The second kappa shape index (κ2) is 11.2. The van der Waals surface area contributed by atoms with Crippen LogP contribution in [-0.2, 0) is 10.8 Å². The summed E-state index contributed by atoms with van der Waals surface area (Å²) in [5, 5.41) is 7.34. The summed E-state index contributed by atoms with van der Waals surface area (Å²) in [5.74, 6) is 0. The zero-order chi connectivity index (χ0) is 36.2. The van der Waals surface area contributed by atoms with Gasteiger partial charge in [0.25, 0.3) is 0 Å². The second-order valence-electron chi connectivity index (χ2n) is 16.7. The van der Waals surface area contributed by atoms with Crippen molar-refractivity contribution in [3.8, 4) is 22.5 Å². The Morgan fingerprint density at radius 3 is 1.60 bits per heavy atom. The average molecular weight is 687 g/mol. The minimum Gasteiger partial charge on any atom is -0.456 e. The number of benzene rings is 7. The molecule has 0 fully saturated rings. The molecule has 3 heterocycles. The van der Waals surface area contributed by atoms with E-state index in [4.69, 9.17) is 4.42 Å². The van der Waals surface area contributed by atoms with Crippen LogP contribution in [0.5, 0.6) is 0 Å². The Labute approximate surface area is 309 Å². The molecule has 0 amide bonds. The van der Waals surface area contributed by atoms with Gasteiger partial charge in [0.05, 0.1) is 22.1 Å². The summed E-state index contributed by atoms with van der Waals surface area (Å²) in [6, 6.07) is 53.7. The van der Waals surface area contributed by atoms with E-state index in [9.17, 15) is 0 Å². The summed E-state index contributed by atoms with van der Waals surface area (Å²) in [5.41, 5.74) is 14.1. The largest absolute Gasteiger partial charge is 0.456 e. The molecule has 0 bridgehead atoms. The number of aromatic nitrogens is 2. The predicted octanol–water partition coefficient (Wildman–Crippen LogP) is 14.0. The second-order valence-corrected chi connectivity index (χ2v) is 16.7. The summed E-state index contributed by atoms with van der Waals surface area (Å²) in [6.07, 6.45) is 0. The number of nitrogens with zero attached hydrogens (tertiary/aromatic N) is 2. The molecular formula is C50H42N2O. The molecular weight excluding hydrogens is 645 g/mol. The van der Waals surface area contributed by atoms with Crippen LogP contribution in [-0.4, -0.2) is 9.13 Å². The number of rotatable bonds is 3. The van der Waals surface area contributed by atoms with E-state index in [0.717, 1.165) is 27.6 Å². The molecule has 0 saturated heterocycles.